The molecule has 0 radical (unpaired) electrons. The van der Waals surface area contributed by atoms with Gasteiger partial charge in [0.05, 0.1) is 12.7 Å². The first-order valence-electron chi connectivity index (χ1n) is 6.38. The number of ether oxygens (including phenoxy) is 1. The molecule has 1 unspecified atom stereocenters. The van der Waals surface area contributed by atoms with E-state index in [1.54, 1.807) is 0 Å². The fourth-order valence-corrected chi connectivity index (χ4v) is 2.09. The van der Waals surface area contributed by atoms with Gasteiger partial charge < -0.3 is 4.74 Å². The van der Waals surface area contributed by atoms with E-state index in [-0.39, 0.29) is 5.97 Å². The molecule has 0 aliphatic heterocycles. The van der Waals surface area contributed by atoms with Crippen LogP contribution in [-0.4, -0.2) is 13.1 Å². The van der Waals surface area contributed by atoms with E-state index in [2.05, 4.69) is 18.6 Å². The van der Waals surface area contributed by atoms with Crippen molar-refractivity contribution < 1.29 is 9.53 Å². The maximum absolute atomic E-state index is 11.3. The lowest BCUT2D eigenvalue weighted by molar-refractivity contribution is 0.0600. The second-order valence-corrected chi connectivity index (χ2v) is 4.46. The first kappa shape index (κ1) is 13.8. The Morgan fingerprint density at radius 1 is 1.24 bits per heavy atom. The minimum Gasteiger partial charge on any atom is -0.465 e. The van der Waals surface area contributed by atoms with Gasteiger partial charge in [-0.25, -0.2) is 4.79 Å². The molecule has 1 aromatic rings. The molecular formula is C15H22O2. The van der Waals surface area contributed by atoms with Crippen LogP contribution in [0.15, 0.2) is 24.3 Å². The largest absolute Gasteiger partial charge is 0.465 e. The van der Waals surface area contributed by atoms with E-state index in [4.69, 9.17) is 0 Å². The molecule has 1 atom stereocenters. The van der Waals surface area contributed by atoms with Crippen molar-refractivity contribution in [3.05, 3.63) is 35.4 Å². The van der Waals surface area contributed by atoms with Gasteiger partial charge in [-0.3, -0.25) is 0 Å². The lowest BCUT2D eigenvalue weighted by Gasteiger charge is -2.13. The summed E-state index contributed by atoms with van der Waals surface area (Å²) in [5, 5.41) is 0. The Balaban J connectivity index is 2.64. The Kier molecular flexibility index (Phi) is 5.75. The Labute approximate surface area is 104 Å². The topological polar surface area (TPSA) is 26.3 Å². The van der Waals surface area contributed by atoms with Gasteiger partial charge in [-0.15, -0.1) is 0 Å². The van der Waals surface area contributed by atoms with Gasteiger partial charge in [0, 0.05) is 0 Å². The highest BCUT2D eigenvalue weighted by Crippen LogP contribution is 2.18. The summed E-state index contributed by atoms with van der Waals surface area (Å²) in [6.07, 6.45) is 4.83. The number of methoxy groups -OCH3 is 1. The third-order valence-corrected chi connectivity index (χ3v) is 3.17. The molecule has 1 rings (SSSR count). The molecule has 0 bridgehead atoms. The highest BCUT2D eigenvalue weighted by Gasteiger charge is 2.08. The van der Waals surface area contributed by atoms with Crippen LogP contribution in [0.1, 0.15) is 49.0 Å². The number of carbonyl (C=O) groups is 1. The van der Waals surface area contributed by atoms with Gasteiger partial charge in [-0.2, -0.15) is 0 Å². The van der Waals surface area contributed by atoms with E-state index < -0.39 is 0 Å². The third-order valence-electron chi connectivity index (χ3n) is 3.17. The number of rotatable bonds is 6. The molecule has 0 saturated carbocycles. The standard InChI is InChI=1S/C15H22O2/c1-4-6-12(5-2)11-13-7-9-14(10-8-13)15(16)17-3/h7-10,12H,4-6,11H2,1-3H3. The maximum Gasteiger partial charge on any atom is 0.337 e. The van der Waals surface area contributed by atoms with Gasteiger partial charge in [-0.1, -0.05) is 45.2 Å². The molecule has 0 fully saturated rings. The molecule has 0 aliphatic rings. The zero-order valence-corrected chi connectivity index (χ0v) is 11.0. The van der Waals surface area contributed by atoms with Crippen LogP contribution in [-0.2, 0) is 11.2 Å². The summed E-state index contributed by atoms with van der Waals surface area (Å²) < 4.78 is 4.68. The quantitative estimate of drug-likeness (QED) is 0.699. The van der Waals surface area contributed by atoms with Gasteiger partial charge in [0.25, 0.3) is 0 Å². The average molecular weight is 234 g/mol. The van der Waals surface area contributed by atoms with E-state index in [0.717, 1.165) is 12.3 Å². The van der Waals surface area contributed by atoms with Crippen molar-refractivity contribution >= 4 is 5.97 Å². The highest BCUT2D eigenvalue weighted by atomic mass is 16.5. The van der Waals surface area contributed by atoms with Crippen molar-refractivity contribution in [2.45, 2.75) is 39.5 Å². The van der Waals surface area contributed by atoms with E-state index in [1.165, 1.54) is 31.9 Å². The number of carbonyl (C=O) groups excluding carboxylic acids is 1. The molecular weight excluding hydrogens is 212 g/mol. The van der Waals surface area contributed by atoms with Crippen LogP contribution in [0.25, 0.3) is 0 Å². The molecule has 2 nitrogen and oxygen atoms in total. The molecule has 17 heavy (non-hydrogen) atoms. The van der Waals surface area contributed by atoms with Gasteiger partial charge in [0.2, 0.25) is 0 Å². The van der Waals surface area contributed by atoms with Crippen molar-refractivity contribution in [3.63, 3.8) is 0 Å². The Morgan fingerprint density at radius 2 is 1.88 bits per heavy atom. The van der Waals surface area contributed by atoms with Gasteiger partial charge in [-0.05, 0) is 30.0 Å². The average Bonchev–Trinajstić information content (AvgIpc) is 2.38. The maximum atomic E-state index is 11.3. The van der Waals surface area contributed by atoms with Crippen LogP contribution in [0.5, 0.6) is 0 Å². The first-order chi connectivity index (χ1) is 8.21. The van der Waals surface area contributed by atoms with Crippen molar-refractivity contribution in [1.82, 2.24) is 0 Å². The zero-order chi connectivity index (χ0) is 12.7. The first-order valence-corrected chi connectivity index (χ1v) is 6.38. The monoisotopic (exact) mass is 234 g/mol. The van der Waals surface area contributed by atoms with Gasteiger partial charge in [0.15, 0.2) is 0 Å². The fraction of sp³-hybridized carbons (Fsp3) is 0.533. The normalized spacial score (nSPS) is 12.2. The molecule has 0 saturated heterocycles. The number of hydrogen-bond acceptors (Lipinski definition) is 2. The molecule has 2 heteroatoms. The van der Waals surface area contributed by atoms with E-state index in [0.29, 0.717) is 5.56 Å². The predicted molar refractivity (Wildman–Crippen MR) is 70.2 cm³/mol. The summed E-state index contributed by atoms with van der Waals surface area (Å²) in [4.78, 5) is 11.3. The van der Waals surface area contributed by atoms with Crippen molar-refractivity contribution in [1.29, 1.82) is 0 Å². The number of benzene rings is 1. The van der Waals surface area contributed by atoms with E-state index >= 15 is 0 Å². The molecule has 0 amide bonds. The Morgan fingerprint density at radius 3 is 2.35 bits per heavy atom. The van der Waals surface area contributed by atoms with Crippen molar-refractivity contribution in [2.24, 2.45) is 5.92 Å². The van der Waals surface area contributed by atoms with Crippen LogP contribution in [0.4, 0.5) is 0 Å². The van der Waals surface area contributed by atoms with Crippen LogP contribution >= 0.6 is 0 Å². The Hall–Kier alpha value is -1.31. The lowest BCUT2D eigenvalue weighted by atomic mass is 9.92. The molecule has 0 N–H and O–H groups in total. The van der Waals surface area contributed by atoms with Gasteiger partial charge >= 0.3 is 5.97 Å². The molecule has 0 heterocycles. The van der Waals surface area contributed by atoms with Crippen LogP contribution in [0, 0.1) is 5.92 Å². The Bertz CT molecular complexity index is 340. The summed E-state index contributed by atoms with van der Waals surface area (Å²) in [5.74, 6) is 0.487. The summed E-state index contributed by atoms with van der Waals surface area (Å²) in [6, 6.07) is 7.76. The lowest BCUT2D eigenvalue weighted by Crippen LogP contribution is -2.04. The summed E-state index contributed by atoms with van der Waals surface area (Å²) in [7, 11) is 1.41. The zero-order valence-electron chi connectivity index (χ0n) is 11.0. The SMILES string of the molecule is CCCC(CC)Cc1ccc(C(=O)OC)cc1. The van der Waals surface area contributed by atoms with Crippen LogP contribution in [0.3, 0.4) is 0 Å². The van der Waals surface area contributed by atoms with E-state index in [9.17, 15) is 4.79 Å². The van der Waals surface area contributed by atoms with Crippen molar-refractivity contribution in [3.8, 4) is 0 Å². The summed E-state index contributed by atoms with van der Waals surface area (Å²) in [5.41, 5.74) is 1.93. The molecule has 94 valence electrons. The minimum absolute atomic E-state index is 0.267. The van der Waals surface area contributed by atoms with E-state index in [1.807, 2.05) is 24.3 Å². The molecule has 0 spiro atoms. The fourth-order valence-electron chi connectivity index (χ4n) is 2.09. The van der Waals surface area contributed by atoms with Crippen LogP contribution < -0.4 is 0 Å². The molecule has 1 aromatic carbocycles. The third kappa shape index (κ3) is 4.22. The molecule has 0 aromatic heterocycles. The predicted octanol–water partition coefficient (Wildman–Crippen LogP) is 3.84. The highest BCUT2D eigenvalue weighted by molar-refractivity contribution is 5.89. The van der Waals surface area contributed by atoms with Gasteiger partial charge in [0.1, 0.15) is 0 Å². The molecule has 0 aliphatic carbocycles. The number of esters is 1. The second-order valence-electron chi connectivity index (χ2n) is 4.46. The second kappa shape index (κ2) is 7.10. The number of hydrogen-bond donors (Lipinski definition) is 0. The minimum atomic E-state index is -0.267. The van der Waals surface area contributed by atoms with Crippen LogP contribution in [0.2, 0.25) is 0 Å². The summed E-state index contributed by atoms with van der Waals surface area (Å²) in [6.45, 7) is 4.46. The van der Waals surface area contributed by atoms with Crippen molar-refractivity contribution in [2.75, 3.05) is 7.11 Å². The smallest absolute Gasteiger partial charge is 0.337 e. The summed E-state index contributed by atoms with van der Waals surface area (Å²) >= 11 is 0.